The first-order valence-electron chi connectivity index (χ1n) is 10.1. The van der Waals surface area contributed by atoms with Crippen molar-refractivity contribution < 1.29 is 4.52 Å². The topological polar surface area (TPSA) is 73.8 Å². The number of aromatic nitrogens is 4. The zero-order valence-electron chi connectivity index (χ0n) is 17.4. The Balaban J connectivity index is 1.75. The van der Waals surface area contributed by atoms with Gasteiger partial charge in [0.2, 0.25) is 5.89 Å². The Morgan fingerprint density at radius 1 is 1.07 bits per heavy atom. The van der Waals surface area contributed by atoms with E-state index in [1.165, 1.54) is 11.8 Å². The number of hydrogen-bond donors (Lipinski definition) is 0. The minimum Gasteiger partial charge on any atom is -0.338 e. The van der Waals surface area contributed by atoms with Crippen molar-refractivity contribution in [1.82, 2.24) is 19.7 Å². The van der Waals surface area contributed by atoms with Gasteiger partial charge in [-0.2, -0.15) is 4.98 Å². The summed E-state index contributed by atoms with van der Waals surface area (Å²) in [6.07, 6.45) is 2.93. The maximum absolute atomic E-state index is 13.4. The second-order valence-electron chi connectivity index (χ2n) is 7.27. The Labute approximate surface area is 179 Å². The smallest absolute Gasteiger partial charge is 0.266 e. The van der Waals surface area contributed by atoms with Crippen molar-refractivity contribution in [2.45, 2.75) is 50.9 Å². The molecule has 0 saturated carbocycles. The lowest BCUT2D eigenvalue weighted by molar-refractivity contribution is 0.384. The standard InChI is InChI=1S/C23H24N4O2S/c1-4-5-13-20-25-21(29-26-20)14-30-23-24-18-11-7-6-10-17(18)22(28)27(23)19-12-8-9-15(2)16(19)3/h6-12H,4-5,13-14H2,1-3H3. The van der Waals surface area contributed by atoms with Gasteiger partial charge in [-0.1, -0.05) is 54.5 Å². The molecule has 6 nitrogen and oxygen atoms in total. The molecule has 0 radical (unpaired) electrons. The second kappa shape index (κ2) is 8.83. The van der Waals surface area contributed by atoms with Crippen molar-refractivity contribution in [3.63, 3.8) is 0 Å². The van der Waals surface area contributed by atoms with Crippen LogP contribution in [-0.2, 0) is 12.2 Å². The van der Waals surface area contributed by atoms with Gasteiger partial charge in [-0.15, -0.1) is 0 Å². The van der Waals surface area contributed by atoms with Crippen molar-refractivity contribution in [3.05, 3.63) is 75.7 Å². The predicted octanol–water partition coefficient (Wildman–Crippen LogP) is 5.02. The monoisotopic (exact) mass is 420 g/mol. The van der Waals surface area contributed by atoms with Crippen LogP contribution in [-0.4, -0.2) is 19.7 Å². The highest BCUT2D eigenvalue weighted by atomic mass is 32.2. The molecule has 2 aromatic heterocycles. The predicted molar refractivity (Wildman–Crippen MR) is 119 cm³/mol. The van der Waals surface area contributed by atoms with Crippen LogP contribution in [0.1, 0.15) is 42.6 Å². The average molecular weight is 421 g/mol. The van der Waals surface area contributed by atoms with E-state index in [2.05, 4.69) is 17.1 Å². The first-order valence-corrected chi connectivity index (χ1v) is 11.1. The second-order valence-corrected chi connectivity index (χ2v) is 8.21. The van der Waals surface area contributed by atoms with Crippen LogP contribution < -0.4 is 5.56 Å². The molecule has 2 heterocycles. The van der Waals surface area contributed by atoms with Crippen LogP contribution in [0, 0.1) is 13.8 Å². The fourth-order valence-electron chi connectivity index (χ4n) is 3.31. The SMILES string of the molecule is CCCCc1noc(CSc2nc3ccccc3c(=O)n2-c2cccc(C)c2C)n1. The maximum atomic E-state index is 13.4. The van der Waals surface area contributed by atoms with Crippen LogP contribution in [0.15, 0.2) is 56.9 Å². The van der Waals surface area contributed by atoms with Gasteiger partial charge in [0, 0.05) is 6.42 Å². The molecule has 0 saturated heterocycles. The minimum absolute atomic E-state index is 0.0778. The molecule has 4 aromatic rings. The number of aryl methyl sites for hydroxylation is 2. The van der Waals surface area contributed by atoms with E-state index in [1.807, 2.05) is 56.3 Å². The van der Waals surface area contributed by atoms with Gasteiger partial charge in [0.05, 0.1) is 22.3 Å². The zero-order chi connectivity index (χ0) is 21.1. The van der Waals surface area contributed by atoms with E-state index in [0.717, 1.165) is 41.9 Å². The fraction of sp³-hybridized carbons (Fsp3) is 0.304. The molecule has 0 spiro atoms. The van der Waals surface area contributed by atoms with Crippen molar-refractivity contribution in [3.8, 4) is 5.69 Å². The summed E-state index contributed by atoms with van der Waals surface area (Å²) in [4.78, 5) is 22.7. The first-order chi connectivity index (χ1) is 14.6. The van der Waals surface area contributed by atoms with E-state index in [4.69, 9.17) is 9.51 Å². The minimum atomic E-state index is -0.0778. The van der Waals surface area contributed by atoms with Gasteiger partial charge in [-0.3, -0.25) is 9.36 Å². The number of para-hydroxylation sites is 1. The number of thioether (sulfide) groups is 1. The van der Waals surface area contributed by atoms with Crippen molar-refractivity contribution >= 4 is 22.7 Å². The molecular formula is C23H24N4O2S. The van der Waals surface area contributed by atoms with Crippen LogP contribution in [0.2, 0.25) is 0 Å². The highest BCUT2D eigenvalue weighted by molar-refractivity contribution is 7.98. The summed E-state index contributed by atoms with van der Waals surface area (Å²) in [5.74, 6) is 1.72. The number of rotatable bonds is 7. The van der Waals surface area contributed by atoms with Gasteiger partial charge >= 0.3 is 0 Å². The Kier molecular flexibility index (Phi) is 5.99. The lowest BCUT2D eigenvalue weighted by Gasteiger charge is -2.15. The lowest BCUT2D eigenvalue weighted by Crippen LogP contribution is -2.22. The molecule has 0 N–H and O–H groups in total. The van der Waals surface area contributed by atoms with E-state index in [9.17, 15) is 4.79 Å². The highest BCUT2D eigenvalue weighted by Crippen LogP contribution is 2.26. The first kappa shape index (κ1) is 20.3. The Bertz CT molecular complexity index is 1250. The number of unbranched alkanes of at least 4 members (excludes halogenated alkanes) is 1. The summed E-state index contributed by atoms with van der Waals surface area (Å²) >= 11 is 1.43. The third kappa shape index (κ3) is 4.03. The summed E-state index contributed by atoms with van der Waals surface area (Å²) in [7, 11) is 0. The van der Waals surface area contributed by atoms with E-state index >= 15 is 0 Å². The molecule has 7 heteroatoms. The quantitative estimate of drug-likeness (QED) is 0.309. The van der Waals surface area contributed by atoms with Gasteiger partial charge in [-0.25, -0.2) is 4.98 Å². The van der Waals surface area contributed by atoms with Gasteiger partial charge in [0.25, 0.3) is 5.56 Å². The molecule has 0 atom stereocenters. The summed E-state index contributed by atoms with van der Waals surface area (Å²) in [6.45, 7) is 6.20. The fourth-order valence-corrected chi connectivity index (χ4v) is 4.15. The molecule has 0 aliphatic heterocycles. The number of benzene rings is 2. The number of nitrogens with zero attached hydrogens (tertiary/aromatic N) is 4. The Morgan fingerprint density at radius 3 is 2.73 bits per heavy atom. The van der Waals surface area contributed by atoms with Crippen LogP contribution >= 0.6 is 11.8 Å². The Morgan fingerprint density at radius 2 is 1.90 bits per heavy atom. The van der Waals surface area contributed by atoms with Crippen molar-refractivity contribution in [1.29, 1.82) is 0 Å². The molecule has 0 fully saturated rings. The molecule has 4 rings (SSSR count). The van der Waals surface area contributed by atoms with Gasteiger partial charge in [0.15, 0.2) is 11.0 Å². The summed E-state index contributed by atoms with van der Waals surface area (Å²) in [6, 6.07) is 13.4. The molecule has 0 aliphatic rings. The average Bonchev–Trinajstić information content (AvgIpc) is 3.21. The van der Waals surface area contributed by atoms with Crippen LogP contribution in [0.25, 0.3) is 16.6 Å². The number of fused-ring (bicyclic) bond motifs is 1. The van der Waals surface area contributed by atoms with Crippen LogP contribution in [0.5, 0.6) is 0 Å². The van der Waals surface area contributed by atoms with E-state index in [-0.39, 0.29) is 5.56 Å². The lowest BCUT2D eigenvalue weighted by atomic mass is 10.1. The van der Waals surface area contributed by atoms with E-state index in [1.54, 1.807) is 4.57 Å². The number of hydrogen-bond acceptors (Lipinski definition) is 6. The van der Waals surface area contributed by atoms with Gasteiger partial charge in [0.1, 0.15) is 0 Å². The van der Waals surface area contributed by atoms with Crippen molar-refractivity contribution in [2.75, 3.05) is 0 Å². The van der Waals surface area contributed by atoms with Gasteiger partial charge < -0.3 is 4.52 Å². The van der Waals surface area contributed by atoms with E-state index < -0.39 is 0 Å². The van der Waals surface area contributed by atoms with Crippen LogP contribution in [0.3, 0.4) is 0 Å². The molecule has 0 unspecified atom stereocenters. The molecule has 0 bridgehead atoms. The third-order valence-electron chi connectivity index (χ3n) is 5.15. The maximum Gasteiger partial charge on any atom is 0.266 e. The summed E-state index contributed by atoms with van der Waals surface area (Å²) < 4.78 is 7.09. The molecule has 0 amide bonds. The molecule has 2 aromatic carbocycles. The van der Waals surface area contributed by atoms with Crippen LogP contribution in [0.4, 0.5) is 0 Å². The summed E-state index contributed by atoms with van der Waals surface area (Å²) in [5, 5.41) is 5.26. The molecule has 0 aliphatic carbocycles. The highest BCUT2D eigenvalue weighted by Gasteiger charge is 2.17. The largest absolute Gasteiger partial charge is 0.338 e. The zero-order valence-corrected chi connectivity index (χ0v) is 18.2. The summed E-state index contributed by atoms with van der Waals surface area (Å²) in [5.41, 5.74) is 3.63. The molecule has 154 valence electrons. The van der Waals surface area contributed by atoms with Crippen molar-refractivity contribution in [2.24, 2.45) is 0 Å². The molecule has 30 heavy (non-hydrogen) atoms. The normalized spacial score (nSPS) is 11.3. The molecular weight excluding hydrogens is 396 g/mol. The van der Waals surface area contributed by atoms with E-state index in [0.29, 0.717) is 27.7 Å². The third-order valence-corrected chi connectivity index (χ3v) is 6.07. The Hall–Kier alpha value is -2.93. The van der Waals surface area contributed by atoms with Gasteiger partial charge in [-0.05, 0) is 49.6 Å².